The predicted molar refractivity (Wildman–Crippen MR) is 82.8 cm³/mol. The zero-order chi connectivity index (χ0) is 15.4. The van der Waals surface area contributed by atoms with Gasteiger partial charge in [-0.2, -0.15) is 5.10 Å². The standard InChI is InChI=1S/C13H14BrN5O2/c1-16-12(20)7-19-6-9(5-17-19)18-13(21)8-2-3-10(14)11(15)4-8/h2-6H,7,15H2,1H3,(H,16,20)(H,18,21). The molecule has 0 aliphatic heterocycles. The van der Waals surface area contributed by atoms with Crippen LogP contribution in [-0.4, -0.2) is 28.6 Å². The maximum Gasteiger partial charge on any atom is 0.255 e. The Morgan fingerprint density at radius 2 is 2.19 bits per heavy atom. The van der Waals surface area contributed by atoms with Crippen LogP contribution in [0, 0.1) is 0 Å². The Hall–Kier alpha value is -2.35. The summed E-state index contributed by atoms with van der Waals surface area (Å²) >= 11 is 3.27. The van der Waals surface area contributed by atoms with Gasteiger partial charge in [-0.25, -0.2) is 0 Å². The molecule has 0 saturated carbocycles. The number of rotatable bonds is 4. The van der Waals surface area contributed by atoms with Crippen LogP contribution >= 0.6 is 15.9 Å². The average Bonchev–Trinajstić information content (AvgIpc) is 2.88. The number of amides is 2. The maximum absolute atomic E-state index is 12.1. The number of halogens is 1. The molecule has 0 unspecified atom stereocenters. The SMILES string of the molecule is CNC(=O)Cn1cc(NC(=O)c2ccc(Br)c(N)c2)cn1. The summed E-state index contributed by atoms with van der Waals surface area (Å²) in [5, 5.41) is 9.18. The topological polar surface area (TPSA) is 102 Å². The number of hydrogen-bond donors (Lipinski definition) is 3. The van der Waals surface area contributed by atoms with Crippen LogP contribution in [0.4, 0.5) is 11.4 Å². The lowest BCUT2D eigenvalue weighted by atomic mass is 10.2. The van der Waals surface area contributed by atoms with Crippen LogP contribution < -0.4 is 16.4 Å². The van der Waals surface area contributed by atoms with E-state index in [0.717, 1.165) is 4.47 Å². The molecule has 0 spiro atoms. The quantitative estimate of drug-likeness (QED) is 0.720. The van der Waals surface area contributed by atoms with Crippen molar-refractivity contribution in [2.45, 2.75) is 6.54 Å². The van der Waals surface area contributed by atoms with E-state index < -0.39 is 0 Å². The van der Waals surface area contributed by atoms with Gasteiger partial charge >= 0.3 is 0 Å². The van der Waals surface area contributed by atoms with Crippen molar-refractivity contribution in [1.29, 1.82) is 0 Å². The molecule has 110 valence electrons. The van der Waals surface area contributed by atoms with Crippen molar-refractivity contribution >= 4 is 39.1 Å². The third-order valence-corrected chi connectivity index (χ3v) is 3.46. The Labute approximate surface area is 129 Å². The molecule has 1 heterocycles. The number of likely N-dealkylation sites (N-methyl/N-ethyl adjacent to an activating group) is 1. The van der Waals surface area contributed by atoms with Crippen LogP contribution in [0.25, 0.3) is 0 Å². The van der Waals surface area contributed by atoms with Crippen molar-refractivity contribution < 1.29 is 9.59 Å². The van der Waals surface area contributed by atoms with Crippen molar-refractivity contribution in [2.75, 3.05) is 18.1 Å². The van der Waals surface area contributed by atoms with Gasteiger partial charge in [0.15, 0.2) is 0 Å². The fourth-order valence-corrected chi connectivity index (χ4v) is 1.88. The van der Waals surface area contributed by atoms with Crippen LogP contribution in [0.1, 0.15) is 10.4 Å². The second-order valence-corrected chi connectivity index (χ2v) is 5.14. The molecular weight excluding hydrogens is 338 g/mol. The summed E-state index contributed by atoms with van der Waals surface area (Å²) in [6.45, 7) is 0.0948. The second kappa shape index (κ2) is 6.40. The second-order valence-electron chi connectivity index (χ2n) is 4.29. The average molecular weight is 352 g/mol. The highest BCUT2D eigenvalue weighted by atomic mass is 79.9. The molecule has 1 aromatic carbocycles. The third kappa shape index (κ3) is 3.82. The maximum atomic E-state index is 12.1. The van der Waals surface area contributed by atoms with Gasteiger partial charge in [-0.05, 0) is 34.1 Å². The minimum atomic E-state index is -0.298. The number of carbonyl (C=O) groups is 2. The summed E-state index contributed by atoms with van der Waals surface area (Å²) in [5.41, 5.74) is 7.17. The van der Waals surface area contributed by atoms with Gasteiger partial charge in [0.1, 0.15) is 6.54 Å². The van der Waals surface area contributed by atoms with E-state index in [9.17, 15) is 9.59 Å². The Morgan fingerprint density at radius 1 is 1.43 bits per heavy atom. The summed E-state index contributed by atoms with van der Waals surface area (Å²) in [6, 6.07) is 4.94. The zero-order valence-electron chi connectivity index (χ0n) is 11.3. The summed E-state index contributed by atoms with van der Waals surface area (Å²) in [4.78, 5) is 23.3. The molecule has 2 rings (SSSR count). The van der Waals surface area contributed by atoms with E-state index >= 15 is 0 Å². The first-order valence-electron chi connectivity index (χ1n) is 6.09. The Kier molecular flexibility index (Phi) is 4.59. The summed E-state index contributed by atoms with van der Waals surface area (Å²) in [7, 11) is 1.55. The zero-order valence-corrected chi connectivity index (χ0v) is 12.8. The molecule has 21 heavy (non-hydrogen) atoms. The normalized spacial score (nSPS) is 10.2. The predicted octanol–water partition coefficient (Wildman–Crippen LogP) is 1.23. The van der Waals surface area contributed by atoms with E-state index in [1.165, 1.54) is 10.9 Å². The fraction of sp³-hybridized carbons (Fsp3) is 0.154. The molecule has 0 aliphatic rings. The number of anilines is 2. The number of aromatic nitrogens is 2. The summed E-state index contributed by atoms with van der Waals surface area (Å²) < 4.78 is 2.17. The van der Waals surface area contributed by atoms with Crippen LogP contribution in [-0.2, 0) is 11.3 Å². The first-order chi connectivity index (χ1) is 9.99. The van der Waals surface area contributed by atoms with Gasteiger partial charge in [0.05, 0.1) is 11.9 Å². The molecule has 0 fully saturated rings. The van der Waals surface area contributed by atoms with Gasteiger partial charge in [0, 0.05) is 29.0 Å². The Morgan fingerprint density at radius 3 is 2.86 bits per heavy atom. The highest BCUT2D eigenvalue weighted by Crippen LogP contribution is 2.20. The van der Waals surface area contributed by atoms with E-state index in [2.05, 4.69) is 31.7 Å². The van der Waals surface area contributed by atoms with E-state index in [1.807, 2.05) is 0 Å². The van der Waals surface area contributed by atoms with Gasteiger partial charge in [-0.15, -0.1) is 0 Å². The highest BCUT2D eigenvalue weighted by Gasteiger charge is 2.10. The van der Waals surface area contributed by atoms with Gasteiger partial charge in [-0.3, -0.25) is 14.3 Å². The first kappa shape index (κ1) is 15.0. The number of nitrogens with zero attached hydrogens (tertiary/aromatic N) is 2. The molecular formula is C13H14BrN5O2. The summed E-state index contributed by atoms with van der Waals surface area (Å²) in [6.07, 6.45) is 3.05. The smallest absolute Gasteiger partial charge is 0.255 e. The molecule has 7 nitrogen and oxygen atoms in total. The van der Waals surface area contributed by atoms with Crippen LogP contribution in [0.15, 0.2) is 35.1 Å². The molecule has 2 amide bonds. The molecule has 0 radical (unpaired) electrons. The van der Waals surface area contributed by atoms with Gasteiger partial charge < -0.3 is 16.4 Å². The molecule has 0 saturated heterocycles. The number of nitrogens with two attached hydrogens (primary N) is 1. The number of nitrogen functional groups attached to an aromatic ring is 1. The van der Waals surface area contributed by atoms with Gasteiger partial charge in [0.25, 0.3) is 5.91 Å². The van der Waals surface area contributed by atoms with E-state index in [-0.39, 0.29) is 18.4 Å². The van der Waals surface area contributed by atoms with E-state index in [4.69, 9.17) is 5.73 Å². The number of hydrogen-bond acceptors (Lipinski definition) is 4. The Bertz CT molecular complexity index is 683. The molecule has 0 aliphatic carbocycles. The number of nitrogens with one attached hydrogen (secondary N) is 2. The van der Waals surface area contributed by atoms with E-state index in [0.29, 0.717) is 16.9 Å². The van der Waals surface area contributed by atoms with Crippen molar-refractivity contribution in [3.8, 4) is 0 Å². The fourth-order valence-electron chi connectivity index (χ4n) is 1.63. The van der Waals surface area contributed by atoms with Crippen molar-refractivity contribution in [3.05, 3.63) is 40.6 Å². The van der Waals surface area contributed by atoms with Gasteiger partial charge in [-0.1, -0.05) is 0 Å². The third-order valence-electron chi connectivity index (χ3n) is 2.73. The Balaban J connectivity index is 2.05. The van der Waals surface area contributed by atoms with Crippen molar-refractivity contribution in [3.63, 3.8) is 0 Å². The number of carbonyl (C=O) groups excluding carboxylic acids is 2. The summed E-state index contributed by atoms with van der Waals surface area (Å²) in [5.74, 6) is -0.467. The minimum absolute atomic E-state index is 0.0948. The first-order valence-corrected chi connectivity index (χ1v) is 6.88. The van der Waals surface area contributed by atoms with Crippen LogP contribution in [0.2, 0.25) is 0 Å². The molecule has 0 atom stereocenters. The lowest BCUT2D eigenvalue weighted by Crippen LogP contribution is -2.23. The van der Waals surface area contributed by atoms with E-state index in [1.54, 1.807) is 31.4 Å². The van der Waals surface area contributed by atoms with Crippen LogP contribution in [0.5, 0.6) is 0 Å². The lowest BCUT2D eigenvalue weighted by Gasteiger charge is -2.04. The minimum Gasteiger partial charge on any atom is -0.398 e. The van der Waals surface area contributed by atoms with Crippen molar-refractivity contribution in [1.82, 2.24) is 15.1 Å². The molecule has 2 aromatic rings. The lowest BCUT2D eigenvalue weighted by molar-refractivity contribution is -0.121. The van der Waals surface area contributed by atoms with Crippen molar-refractivity contribution in [2.24, 2.45) is 0 Å². The molecule has 1 aromatic heterocycles. The van der Waals surface area contributed by atoms with Gasteiger partial charge in [0.2, 0.25) is 5.91 Å². The monoisotopic (exact) mass is 351 g/mol. The highest BCUT2D eigenvalue weighted by molar-refractivity contribution is 9.10. The molecule has 0 bridgehead atoms. The largest absolute Gasteiger partial charge is 0.398 e. The number of benzene rings is 1. The molecule has 8 heteroatoms. The molecule has 4 N–H and O–H groups in total. The van der Waals surface area contributed by atoms with Crippen LogP contribution in [0.3, 0.4) is 0 Å².